The van der Waals surface area contributed by atoms with Crippen LogP contribution in [-0.2, 0) is 21.2 Å². The smallest absolute Gasteiger partial charge is 0.461 e. The van der Waals surface area contributed by atoms with Gasteiger partial charge in [-0.05, 0) is 56.7 Å². The molecule has 1 aliphatic heterocycles. The van der Waals surface area contributed by atoms with Gasteiger partial charge in [-0.2, -0.15) is 21.6 Å². The molecular weight excluding hydrogens is 533 g/mol. The second-order valence-electron chi connectivity index (χ2n) is 8.34. The van der Waals surface area contributed by atoms with E-state index in [1.165, 1.54) is 6.07 Å². The van der Waals surface area contributed by atoms with Crippen LogP contribution in [0.2, 0.25) is 0 Å². The van der Waals surface area contributed by atoms with Gasteiger partial charge in [0.2, 0.25) is 5.01 Å². The number of fused-ring (bicyclic) bond motifs is 1. The molecule has 204 valence electrons. The second kappa shape index (κ2) is 11.7. The first kappa shape index (κ1) is 28.8. The summed E-state index contributed by atoms with van der Waals surface area (Å²) in [6.07, 6.45) is 3.95. The van der Waals surface area contributed by atoms with Gasteiger partial charge in [0, 0.05) is 17.8 Å². The molecule has 2 heterocycles. The highest BCUT2D eigenvalue weighted by Gasteiger charge is 2.46. The fourth-order valence-corrected chi connectivity index (χ4v) is 5.42. The first-order chi connectivity index (χ1) is 17.4. The molecule has 0 amide bonds. The number of halogens is 3. The number of rotatable bonds is 10. The van der Waals surface area contributed by atoms with E-state index in [0.29, 0.717) is 12.1 Å². The Morgan fingerprint density at radius 1 is 1.22 bits per heavy atom. The van der Waals surface area contributed by atoms with E-state index >= 15 is 0 Å². The predicted molar refractivity (Wildman–Crippen MR) is 134 cm³/mol. The zero-order chi connectivity index (χ0) is 27.4. The summed E-state index contributed by atoms with van der Waals surface area (Å²) in [7, 11) is -5.72. The lowest BCUT2D eigenvalue weighted by Gasteiger charge is -2.44. The second-order valence-corrected chi connectivity index (χ2v) is 11.0. The Morgan fingerprint density at radius 2 is 1.92 bits per heavy atom. The van der Waals surface area contributed by atoms with Crippen LogP contribution in [0.3, 0.4) is 0 Å². The molecule has 1 aromatic carbocycles. The summed E-state index contributed by atoms with van der Waals surface area (Å²) in [6, 6.07) is 3.24. The first-order valence-corrected chi connectivity index (χ1v) is 14.2. The molecule has 0 spiro atoms. The molecule has 1 atom stereocenters. The van der Waals surface area contributed by atoms with Gasteiger partial charge < -0.3 is 9.64 Å². The number of carbonyl (C=O) groups is 1. The molecule has 0 bridgehead atoms. The molecular formula is C22H29F3N6O4S2. The zero-order valence-electron chi connectivity index (χ0n) is 20.9. The van der Waals surface area contributed by atoms with Crippen LogP contribution >= 0.6 is 11.3 Å². The van der Waals surface area contributed by atoms with Crippen molar-refractivity contribution in [2.24, 2.45) is 10.2 Å². The molecule has 0 aliphatic carbocycles. The maximum atomic E-state index is 13.2. The molecule has 2 aromatic rings. The van der Waals surface area contributed by atoms with Gasteiger partial charge in [0.15, 0.2) is 0 Å². The van der Waals surface area contributed by atoms with Gasteiger partial charge in [0.05, 0.1) is 12.3 Å². The number of hydrogen-bond donors (Lipinski definition) is 1. The third-order valence-electron chi connectivity index (χ3n) is 6.08. The third-order valence-corrected chi connectivity index (χ3v) is 7.96. The van der Waals surface area contributed by atoms with Crippen molar-refractivity contribution in [1.82, 2.24) is 10.2 Å². The van der Waals surface area contributed by atoms with Crippen LogP contribution in [0.15, 0.2) is 22.4 Å². The van der Waals surface area contributed by atoms with Crippen molar-refractivity contribution in [3.63, 3.8) is 0 Å². The number of ether oxygens (including phenoxy) is 1. The number of alkyl halides is 3. The third kappa shape index (κ3) is 6.37. The molecule has 0 fully saturated rings. The maximum absolute atomic E-state index is 13.2. The molecule has 0 saturated heterocycles. The normalized spacial score (nSPS) is 16.3. The Bertz CT molecular complexity index is 1250. The van der Waals surface area contributed by atoms with Crippen LogP contribution in [0.1, 0.15) is 68.7 Å². The quantitative estimate of drug-likeness (QED) is 0.273. The summed E-state index contributed by atoms with van der Waals surface area (Å²) in [5.74, 6) is -0.694. The van der Waals surface area contributed by atoms with E-state index < -0.39 is 21.5 Å². The molecule has 37 heavy (non-hydrogen) atoms. The Labute approximate surface area is 217 Å². The minimum absolute atomic E-state index is 0.0462. The first-order valence-electron chi connectivity index (χ1n) is 11.9. The summed E-state index contributed by atoms with van der Waals surface area (Å²) in [4.78, 5) is 14.0. The van der Waals surface area contributed by atoms with Crippen molar-refractivity contribution in [3.05, 3.63) is 22.7 Å². The van der Waals surface area contributed by atoms with Crippen LogP contribution < -0.4 is 9.62 Å². The number of sulfonamides is 1. The number of anilines is 2. The van der Waals surface area contributed by atoms with Crippen molar-refractivity contribution < 1.29 is 31.1 Å². The Morgan fingerprint density at radius 3 is 2.51 bits per heavy atom. The monoisotopic (exact) mass is 562 g/mol. The van der Waals surface area contributed by atoms with Crippen LogP contribution in [0.25, 0.3) is 0 Å². The van der Waals surface area contributed by atoms with Gasteiger partial charge in [-0.25, -0.2) is 4.79 Å². The maximum Gasteiger partial charge on any atom is 0.516 e. The zero-order valence-corrected chi connectivity index (χ0v) is 22.5. The molecule has 1 aromatic heterocycles. The number of aromatic nitrogens is 2. The van der Waals surface area contributed by atoms with Crippen LogP contribution in [0.5, 0.6) is 0 Å². The molecule has 1 N–H and O–H groups in total. The lowest BCUT2D eigenvalue weighted by molar-refractivity contribution is -0.0429. The van der Waals surface area contributed by atoms with Gasteiger partial charge in [0.1, 0.15) is 5.69 Å². The lowest BCUT2D eigenvalue weighted by Crippen LogP contribution is -2.45. The minimum atomic E-state index is -5.72. The van der Waals surface area contributed by atoms with Crippen LogP contribution in [0.4, 0.5) is 35.4 Å². The molecule has 0 radical (unpaired) electrons. The molecule has 1 aliphatic rings. The number of benzene rings is 1. The lowest BCUT2D eigenvalue weighted by atomic mass is 9.90. The SMILES string of the molecule is CCOC(=O)c1nnc(N=Nc2cc3c(cc2NS(=O)(=O)C(F)(F)F)N(C(CC)CC)C(CC)CC3)s1. The highest BCUT2D eigenvalue weighted by Crippen LogP contribution is 2.42. The van der Waals surface area contributed by atoms with Crippen molar-refractivity contribution in [1.29, 1.82) is 0 Å². The molecule has 0 saturated carbocycles. The van der Waals surface area contributed by atoms with Gasteiger partial charge in [-0.3, -0.25) is 4.72 Å². The summed E-state index contributed by atoms with van der Waals surface area (Å²) in [5, 5.41) is 15.2. The van der Waals surface area contributed by atoms with Gasteiger partial charge in [0.25, 0.3) is 5.13 Å². The van der Waals surface area contributed by atoms with Crippen molar-refractivity contribution in [2.45, 2.75) is 77.4 Å². The summed E-state index contributed by atoms with van der Waals surface area (Å²) in [6.45, 7) is 7.90. The Balaban J connectivity index is 2.09. The molecule has 10 nitrogen and oxygen atoms in total. The molecule has 3 rings (SSSR count). The van der Waals surface area contributed by atoms with Gasteiger partial charge in [-0.1, -0.05) is 32.1 Å². The fraction of sp³-hybridized carbons (Fsp3) is 0.591. The predicted octanol–water partition coefficient (Wildman–Crippen LogP) is 6.11. The number of azo groups is 1. The standard InChI is InChI=1S/C22H29F3N6O4S2/c1-5-14(6-2)31-15(7-3)10-9-13-11-16(17(12-18(13)31)30-37(33,34)22(23,24)25)26-28-21-29-27-19(36-21)20(32)35-8-4/h11-12,14-15,30H,5-10H2,1-4H3. The van der Waals surface area contributed by atoms with Crippen molar-refractivity contribution >= 4 is 49.5 Å². The number of nitrogens with zero attached hydrogens (tertiary/aromatic N) is 5. The number of hydrogen-bond acceptors (Lipinski definition) is 10. The summed E-state index contributed by atoms with van der Waals surface area (Å²) in [5.41, 5.74) is -4.50. The average molecular weight is 563 g/mol. The van der Waals surface area contributed by atoms with E-state index in [4.69, 9.17) is 4.74 Å². The average Bonchev–Trinajstić information content (AvgIpc) is 3.32. The number of nitrogens with one attached hydrogen (secondary N) is 1. The van der Waals surface area contributed by atoms with Crippen LogP contribution in [-0.4, -0.2) is 48.8 Å². The molecule has 1 unspecified atom stereocenters. The minimum Gasteiger partial charge on any atom is -0.461 e. The van der Waals surface area contributed by atoms with E-state index in [-0.39, 0.29) is 40.2 Å². The Hall–Kier alpha value is -2.81. The topological polar surface area (TPSA) is 126 Å². The highest BCUT2D eigenvalue weighted by molar-refractivity contribution is 7.93. The number of aryl methyl sites for hydroxylation is 1. The Kier molecular flexibility index (Phi) is 9.10. The van der Waals surface area contributed by atoms with Crippen molar-refractivity contribution in [3.8, 4) is 0 Å². The van der Waals surface area contributed by atoms with Crippen LogP contribution in [0, 0.1) is 0 Å². The van der Waals surface area contributed by atoms with E-state index in [1.807, 2.05) is 20.8 Å². The van der Waals surface area contributed by atoms with Gasteiger partial charge >= 0.3 is 21.5 Å². The fourth-order valence-electron chi connectivity index (χ4n) is 4.29. The summed E-state index contributed by atoms with van der Waals surface area (Å²) >= 11 is 0.782. The largest absolute Gasteiger partial charge is 0.516 e. The van der Waals surface area contributed by atoms with E-state index in [0.717, 1.165) is 42.6 Å². The highest BCUT2D eigenvalue weighted by atomic mass is 32.2. The van der Waals surface area contributed by atoms with Crippen molar-refractivity contribution in [2.75, 3.05) is 16.2 Å². The number of carbonyl (C=O) groups excluding carboxylic acids is 1. The van der Waals surface area contributed by atoms with E-state index in [9.17, 15) is 26.4 Å². The van der Waals surface area contributed by atoms with Gasteiger partial charge in [-0.15, -0.1) is 20.4 Å². The summed E-state index contributed by atoms with van der Waals surface area (Å²) < 4.78 is 70.2. The number of esters is 1. The van der Waals surface area contributed by atoms with E-state index in [2.05, 4.69) is 25.3 Å². The molecule has 15 heteroatoms. The van der Waals surface area contributed by atoms with E-state index in [1.54, 1.807) is 17.7 Å².